The van der Waals surface area contributed by atoms with Crippen molar-refractivity contribution < 1.29 is 13.5 Å². The lowest BCUT2D eigenvalue weighted by Gasteiger charge is -2.24. The van der Waals surface area contributed by atoms with Crippen molar-refractivity contribution >= 4 is 53.3 Å². The van der Waals surface area contributed by atoms with Crippen LogP contribution in [-0.4, -0.2) is 26.7 Å². The summed E-state index contributed by atoms with van der Waals surface area (Å²) in [5.41, 5.74) is 6.53. The van der Waals surface area contributed by atoms with Gasteiger partial charge in [0.25, 0.3) is 10.0 Å². The van der Waals surface area contributed by atoms with E-state index in [1.54, 1.807) is 18.2 Å². The van der Waals surface area contributed by atoms with Crippen molar-refractivity contribution in [3.05, 3.63) is 51.4 Å². The number of anilines is 2. The lowest BCUT2D eigenvalue weighted by Crippen LogP contribution is -2.33. The van der Waals surface area contributed by atoms with Crippen LogP contribution < -0.4 is 10.0 Å². The van der Waals surface area contributed by atoms with Crippen molar-refractivity contribution in [1.29, 1.82) is 0 Å². The van der Waals surface area contributed by atoms with Crippen molar-refractivity contribution in [1.82, 2.24) is 0 Å². The Labute approximate surface area is 146 Å². The summed E-state index contributed by atoms with van der Waals surface area (Å²) in [7, 11) is -3.79. The van der Waals surface area contributed by atoms with E-state index in [0.717, 1.165) is 13.3 Å². The van der Waals surface area contributed by atoms with Crippen molar-refractivity contribution in [3.63, 3.8) is 0 Å². The third-order valence-corrected chi connectivity index (χ3v) is 5.66. The van der Waals surface area contributed by atoms with Gasteiger partial charge in [-0.2, -0.15) is 0 Å². The third-order valence-electron chi connectivity index (χ3n) is 2.91. The first kappa shape index (κ1) is 17.3. The number of rotatable bonds is 5. The van der Waals surface area contributed by atoms with Gasteiger partial charge in [0.2, 0.25) is 0 Å². The van der Waals surface area contributed by atoms with Crippen molar-refractivity contribution in [2.75, 3.05) is 23.2 Å². The number of aliphatic hydroxyl groups is 1. The summed E-state index contributed by atoms with van der Waals surface area (Å²) in [6.45, 7) is -0.339. The van der Waals surface area contributed by atoms with Crippen molar-refractivity contribution in [2.45, 2.75) is 4.90 Å². The lowest BCUT2D eigenvalue weighted by molar-refractivity contribution is 0.306. The van der Waals surface area contributed by atoms with E-state index in [1.165, 1.54) is 24.3 Å². The molecule has 2 aromatic carbocycles. The first-order chi connectivity index (χ1) is 10.3. The van der Waals surface area contributed by atoms with Crippen LogP contribution in [0.3, 0.4) is 0 Å². The highest BCUT2D eigenvalue weighted by Gasteiger charge is 2.25. The molecule has 0 aliphatic rings. The number of sulfonamides is 1. The summed E-state index contributed by atoms with van der Waals surface area (Å²) in [4.78, 5) is 0.117. The number of nitrogens with zero attached hydrogens (tertiary/aromatic N) is 1. The Morgan fingerprint density at radius 1 is 1.05 bits per heavy atom. The molecule has 0 fully saturated rings. The minimum atomic E-state index is -3.79. The predicted octanol–water partition coefficient (Wildman–Crippen LogP) is 2.98. The van der Waals surface area contributed by atoms with Gasteiger partial charge in [-0.1, -0.05) is 31.9 Å². The summed E-state index contributed by atoms with van der Waals surface area (Å²) in [6, 6.07) is 11.1. The summed E-state index contributed by atoms with van der Waals surface area (Å²) in [5.74, 6) is 0. The minimum absolute atomic E-state index is 0.0460. The fourth-order valence-corrected chi connectivity index (χ4v) is 4.64. The first-order valence-corrected chi connectivity index (χ1v) is 9.32. The quantitative estimate of drug-likeness (QED) is 0.687. The number of hydrogen-bond acceptors (Lipinski definition) is 4. The normalized spacial score (nSPS) is 11.4. The third kappa shape index (κ3) is 3.81. The second-order valence-corrected chi connectivity index (χ2v) is 8.19. The van der Waals surface area contributed by atoms with Crippen LogP contribution in [0.4, 0.5) is 11.4 Å². The van der Waals surface area contributed by atoms with Crippen LogP contribution in [0.15, 0.2) is 56.3 Å². The Morgan fingerprint density at radius 2 is 1.59 bits per heavy atom. The Morgan fingerprint density at radius 3 is 2.09 bits per heavy atom. The molecular formula is C14H14Br2N2O3S. The average Bonchev–Trinajstić information content (AvgIpc) is 2.44. The molecule has 0 bridgehead atoms. The van der Waals surface area contributed by atoms with Crippen molar-refractivity contribution in [3.8, 4) is 0 Å². The summed E-state index contributed by atoms with van der Waals surface area (Å²) < 4.78 is 28.2. The number of halogens is 2. The zero-order chi connectivity index (χ0) is 16.3. The van der Waals surface area contributed by atoms with E-state index in [4.69, 9.17) is 5.73 Å². The molecule has 8 heteroatoms. The number of nitrogens with two attached hydrogens (primary N) is 1. The Hall–Kier alpha value is -1.09. The predicted molar refractivity (Wildman–Crippen MR) is 94.3 cm³/mol. The van der Waals surface area contributed by atoms with E-state index in [2.05, 4.69) is 31.9 Å². The monoisotopic (exact) mass is 448 g/mol. The molecule has 0 aliphatic carbocycles. The van der Waals surface area contributed by atoms with Crippen LogP contribution in [0.5, 0.6) is 0 Å². The summed E-state index contributed by atoms with van der Waals surface area (Å²) >= 11 is 6.67. The Bertz CT molecular complexity index is 744. The molecule has 5 nitrogen and oxygen atoms in total. The zero-order valence-corrected chi connectivity index (χ0v) is 15.4. The van der Waals surface area contributed by atoms with E-state index in [-0.39, 0.29) is 18.0 Å². The highest BCUT2D eigenvalue weighted by molar-refractivity contribution is 9.11. The summed E-state index contributed by atoms with van der Waals surface area (Å²) in [6.07, 6.45) is 0. The molecule has 22 heavy (non-hydrogen) atoms. The molecule has 118 valence electrons. The maximum Gasteiger partial charge on any atom is 0.264 e. The van der Waals surface area contributed by atoms with E-state index in [9.17, 15) is 13.5 Å². The molecule has 0 spiro atoms. The highest BCUT2D eigenvalue weighted by atomic mass is 79.9. The second-order valence-electron chi connectivity index (χ2n) is 4.50. The molecule has 0 amide bonds. The minimum Gasteiger partial charge on any atom is -0.399 e. The Balaban J connectivity index is 2.52. The molecule has 0 unspecified atom stereocenters. The van der Waals surface area contributed by atoms with Gasteiger partial charge in [-0.25, -0.2) is 8.42 Å². The molecule has 2 rings (SSSR count). The van der Waals surface area contributed by atoms with Crippen LogP contribution in [0, 0.1) is 0 Å². The highest BCUT2D eigenvalue weighted by Crippen LogP contribution is 2.30. The molecule has 0 atom stereocenters. The van der Waals surface area contributed by atoms with Crippen molar-refractivity contribution in [2.24, 2.45) is 0 Å². The van der Waals surface area contributed by atoms with E-state index >= 15 is 0 Å². The molecule has 0 aromatic heterocycles. The zero-order valence-electron chi connectivity index (χ0n) is 11.4. The molecule has 0 saturated heterocycles. The van der Waals surface area contributed by atoms with Gasteiger partial charge >= 0.3 is 0 Å². The molecule has 0 heterocycles. The first-order valence-electron chi connectivity index (χ1n) is 6.30. The number of benzene rings is 2. The van der Waals surface area contributed by atoms with Crippen LogP contribution >= 0.6 is 31.9 Å². The molecule has 0 saturated carbocycles. The molecule has 3 N–H and O–H groups in total. The van der Waals surface area contributed by atoms with Gasteiger partial charge in [0, 0.05) is 14.6 Å². The van der Waals surface area contributed by atoms with E-state index in [0.29, 0.717) is 11.4 Å². The van der Waals surface area contributed by atoms with Gasteiger partial charge in [-0.15, -0.1) is 0 Å². The largest absolute Gasteiger partial charge is 0.399 e. The smallest absolute Gasteiger partial charge is 0.264 e. The topological polar surface area (TPSA) is 83.6 Å². The number of nitrogen functional groups attached to an aromatic ring is 1. The van der Waals surface area contributed by atoms with Crippen LogP contribution in [0.2, 0.25) is 0 Å². The Kier molecular flexibility index (Phi) is 5.49. The van der Waals surface area contributed by atoms with Gasteiger partial charge < -0.3 is 10.8 Å². The molecule has 0 radical (unpaired) electrons. The lowest BCUT2D eigenvalue weighted by atomic mass is 10.3. The SMILES string of the molecule is Nc1ccc(S(=O)(=O)N(CCO)c2cc(Br)cc(Br)c2)cc1. The molecular weight excluding hydrogens is 436 g/mol. The maximum atomic E-state index is 12.8. The van der Waals surface area contributed by atoms with Gasteiger partial charge in [-0.3, -0.25) is 4.31 Å². The maximum absolute atomic E-state index is 12.8. The van der Waals surface area contributed by atoms with Gasteiger partial charge in [0.1, 0.15) is 0 Å². The number of aliphatic hydroxyl groups excluding tert-OH is 1. The van der Waals surface area contributed by atoms with Crippen LogP contribution in [0.25, 0.3) is 0 Å². The van der Waals surface area contributed by atoms with Crippen LogP contribution in [-0.2, 0) is 10.0 Å². The molecule has 2 aromatic rings. The van der Waals surface area contributed by atoms with Crippen LogP contribution in [0.1, 0.15) is 0 Å². The fraction of sp³-hybridized carbons (Fsp3) is 0.143. The number of hydrogen-bond donors (Lipinski definition) is 2. The summed E-state index contributed by atoms with van der Waals surface area (Å²) in [5, 5.41) is 9.24. The van der Waals surface area contributed by atoms with Gasteiger partial charge in [0.05, 0.1) is 23.7 Å². The molecule has 0 aliphatic heterocycles. The van der Waals surface area contributed by atoms with Gasteiger partial charge in [0.15, 0.2) is 0 Å². The van der Waals surface area contributed by atoms with E-state index in [1.807, 2.05) is 0 Å². The van der Waals surface area contributed by atoms with E-state index < -0.39 is 10.0 Å². The fourth-order valence-electron chi connectivity index (χ4n) is 1.93. The second kappa shape index (κ2) is 6.99. The average molecular weight is 450 g/mol. The standard InChI is InChI=1S/C14H14Br2N2O3S/c15-10-7-11(16)9-13(8-10)18(5-6-19)22(20,21)14-3-1-12(17)2-4-14/h1-4,7-9,19H,5-6,17H2. The van der Waals surface area contributed by atoms with Gasteiger partial charge in [-0.05, 0) is 42.5 Å².